The lowest BCUT2D eigenvalue weighted by molar-refractivity contribution is -0.144. The van der Waals surface area contributed by atoms with Gasteiger partial charge in [0.1, 0.15) is 17.1 Å². The summed E-state index contributed by atoms with van der Waals surface area (Å²) < 4.78 is 12.1. The zero-order chi connectivity index (χ0) is 24.3. The number of aryl methyl sites for hydroxylation is 2. The molecule has 0 aromatic heterocycles. The third-order valence-electron chi connectivity index (χ3n) is 7.28. The first kappa shape index (κ1) is 26.0. The average Bonchev–Trinajstić information content (AvgIpc) is 2.76. The number of benzene rings is 2. The molecule has 0 aliphatic carbocycles. The van der Waals surface area contributed by atoms with Crippen LogP contribution in [0, 0.1) is 19.3 Å². The van der Waals surface area contributed by atoms with Gasteiger partial charge in [-0.3, -0.25) is 4.79 Å². The number of carbonyl (C=O) groups excluding carboxylic acids is 1. The molecule has 2 rings (SSSR count). The first-order chi connectivity index (χ1) is 14.8. The largest absolute Gasteiger partial charge is 0.487 e. The van der Waals surface area contributed by atoms with Crippen LogP contribution in [0.3, 0.4) is 0 Å². The van der Waals surface area contributed by atoms with E-state index in [1.165, 1.54) is 11.1 Å². The van der Waals surface area contributed by atoms with Gasteiger partial charge in [0.25, 0.3) is 0 Å². The number of esters is 1. The Labute approximate surface area is 195 Å². The fourth-order valence-corrected chi connectivity index (χ4v) is 3.51. The van der Waals surface area contributed by atoms with Gasteiger partial charge in [0, 0.05) is 5.41 Å². The third-order valence-corrected chi connectivity index (χ3v) is 7.28. The molecule has 3 heteroatoms. The molecule has 0 bridgehead atoms. The topological polar surface area (TPSA) is 35.5 Å². The van der Waals surface area contributed by atoms with Gasteiger partial charge in [-0.2, -0.15) is 0 Å². The zero-order valence-corrected chi connectivity index (χ0v) is 21.8. The van der Waals surface area contributed by atoms with Crippen LogP contribution < -0.4 is 9.47 Å². The van der Waals surface area contributed by atoms with Crippen molar-refractivity contribution >= 4 is 5.97 Å². The monoisotopic (exact) mass is 438 g/mol. The molecule has 2 aromatic carbocycles. The van der Waals surface area contributed by atoms with Crippen LogP contribution in [0.5, 0.6) is 11.5 Å². The summed E-state index contributed by atoms with van der Waals surface area (Å²) in [5, 5.41) is 0. The summed E-state index contributed by atoms with van der Waals surface area (Å²) in [6.07, 6.45) is 2.69. The van der Waals surface area contributed by atoms with Gasteiger partial charge in [0.15, 0.2) is 0 Å². The van der Waals surface area contributed by atoms with Crippen LogP contribution in [0.2, 0.25) is 0 Å². The number of rotatable bonds is 9. The second-order valence-electron chi connectivity index (χ2n) is 10.5. The predicted octanol–water partition coefficient (Wildman–Crippen LogP) is 7.93. The van der Waals surface area contributed by atoms with Gasteiger partial charge in [0.05, 0.1) is 5.41 Å². The Morgan fingerprint density at radius 1 is 0.750 bits per heavy atom. The van der Waals surface area contributed by atoms with Crippen LogP contribution in [-0.4, -0.2) is 11.6 Å². The van der Waals surface area contributed by atoms with E-state index in [2.05, 4.69) is 71.9 Å². The van der Waals surface area contributed by atoms with Crippen molar-refractivity contribution in [1.29, 1.82) is 0 Å². The van der Waals surface area contributed by atoms with Crippen LogP contribution >= 0.6 is 0 Å². The van der Waals surface area contributed by atoms with Crippen LogP contribution in [0.4, 0.5) is 0 Å². The molecule has 3 nitrogen and oxygen atoms in total. The highest BCUT2D eigenvalue weighted by Gasteiger charge is 2.29. The Kier molecular flexibility index (Phi) is 7.86. The second-order valence-corrected chi connectivity index (χ2v) is 10.5. The van der Waals surface area contributed by atoms with Crippen molar-refractivity contribution in [2.45, 2.75) is 99.5 Å². The molecule has 0 atom stereocenters. The fourth-order valence-electron chi connectivity index (χ4n) is 3.51. The highest BCUT2D eigenvalue weighted by molar-refractivity contribution is 5.78. The Morgan fingerprint density at radius 3 is 1.62 bits per heavy atom. The summed E-state index contributed by atoms with van der Waals surface area (Å²) in [5.41, 5.74) is 3.70. The van der Waals surface area contributed by atoms with Crippen LogP contribution in [0.15, 0.2) is 36.4 Å². The molecule has 0 fully saturated rings. The van der Waals surface area contributed by atoms with Gasteiger partial charge in [-0.05, 0) is 88.3 Å². The summed E-state index contributed by atoms with van der Waals surface area (Å²) in [4.78, 5) is 12.5. The van der Waals surface area contributed by atoms with Crippen molar-refractivity contribution < 1.29 is 14.3 Å². The maximum absolute atomic E-state index is 12.5. The predicted molar refractivity (Wildman–Crippen MR) is 134 cm³/mol. The number of carbonyl (C=O) groups is 1. The van der Waals surface area contributed by atoms with E-state index < -0.39 is 5.41 Å². The summed E-state index contributed by atoms with van der Waals surface area (Å²) in [5.74, 6) is 1.40. The van der Waals surface area contributed by atoms with Crippen LogP contribution in [0.25, 0.3) is 0 Å². The van der Waals surface area contributed by atoms with Crippen molar-refractivity contribution in [2.75, 3.05) is 0 Å². The van der Waals surface area contributed by atoms with E-state index >= 15 is 0 Å². The SMILES string of the molecule is CCC(C)(CC)Oc1ccc(C(C)(C)c2ccc(OC(=O)C(C)(C)CC)c(C)c2)cc1C. The molecular formula is C29H42O3. The van der Waals surface area contributed by atoms with E-state index in [4.69, 9.17) is 9.47 Å². The van der Waals surface area contributed by atoms with E-state index in [1.807, 2.05) is 33.8 Å². The third kappa shape index (κ3) is 5.54. The lowest BCUT2D eigenvalue weighted by Crippen LogP contribution is -2.30. The van der Waals surface area contributed by atoms with E-state index in [9.17, 15) is 4.79 Å². The molecule has 0 heterocycles. The van der Waals surface area contributed by atoms with E-state index in [1.54, 1.807) is 0 Å². The number of hydrogen-bond acceptors (Lipinski definition) is 3. The molecule has 0 unspecified atom stereocenters. The molecule has 0 N–H and O–H groups in total. The first-order valence-corrected chi connectivity index (χ1v) is 11.9. The minimum Gasteiger partial charge on any atom is -0.487 e. The van der Waals surface area contributed by atoms with Crippen molar-refractivity contribution in [1.82, 2.24) is 0 Å². The molecule has 0 aliphatic rings. The number of ether oxygens (including phenoxy) is 2. The highest BCUT2D eigenvalue weighted by atomic mass is 16.5. The molecule has 0 radical (unpaired) electrons. The first-order valence-electron chi connectivity index (χ1n) is 11.9. The van der Waals surface area contributed by atoms with Gasteiger partial charge < -0.3 is 9.47 Å². The minimum absolute atomic E-state index is 0.140. The molecule has 2 aromatic rings. The van der Waals surface area contributed by atoms with Crippen molar-refractivity contribution in [3.05, 3.63) is 58.7 Å². The maximum atomic E-state index is 12.5. The van der Waals surface area contributed by atoms with Gasteiger partial charge in [-0.25, -0.2) is 0 Å². The quantitative estimate of drug-likeness (QED) is 0.294. The normalized spacial score (nSPS) is 12.6. The van der Waals surface area contributed by atoms with Gasteiger partial charge in [-0.1, -0.05) is 58.9 Å². The lowest BCUT2D eigenvalue weighted by Gasteiger charge is -2.31. The summed E-state index contributed by atoms with van der Waals surface area (Å²) in [6.45, 7) is 20.9. The molecule has 176 valence electrons. The molecule has 0 saturated heterocycles. The van der Waals surface area contributed by atoms with Gasteiger partial charge in [-0.15, -0.1) is 0 Å². The highest BCUT2D eigenvalue weighted by Crippen LogP contribution is 2.37. The standard InChI is InChI=1S/C29H42O3/c1-11-27(6,7)26(30)31-24-16-14-22(18-20(24)4)28(8,9)23-15-17-25(21(5)19-23)32-29(10,12-2)13-3/h14-19H,11-13H2,1-10H3. The minimum atomic E-state index is -0.489. The summed E-state index contributed by atoms with van der Waals surface area (Å²) in [6, 6.07) is 12.6. The molecule has 32 heavy (non-hydrogen) atoms. The van der Waals surface area contributed by atoms with Gasteiger partial charge >= 0.3 is 5.97 Å². The smallest absolute Gasteiger partial charge is 0.316 e. The summed E-state index contributed by atoms with van der Waals surface area (Å²) >= 11 is 0. The van der Waals surface area contributed by atoms with E-state index in [0.29, 0.717) is 5.75 Å². The molecule has 0 spiro atoms. The van der Waals surface area contributed by atoms with Crippen molar-refractivity contribution in [2.24, 2.45) is 5.41 Å². The molecular weight excluding hydrogens is 396 g/mol. The Morgan fingerprint density at radius 2 is 1.22 bits per heavy atom. The molecule has 0 aliphatic heterocycles. The fraction of sp³-hybridized carbons (Fsp3) is 0.552. The Balaban J connectivity index is 2.31. The van der Waals surface area contributed by atoms with E-state index in [0.717, 1.165) is 36.1 Å². The Bertz CT molecular complexity index is 949. The molecule has 0 saturated carbocycles. The maximum Gasteiger partial charge on any atom is 0.316 e. The van der Waals surface area contributed by atoms with E-state index in [-0.39, 0.29) is 17.0 Å². The average molecular weight is 439 g/mol. The van der Waals surface area contributed by atoms with Gasteiger partial charge in [0.2, 0.25) is 0 Å². The lowest BCUT2D eigenvalue weighted by atomic mass is 9.77. The van der Waals surface area contributed by atoms with Crippen molar-refractivity contribution in [3.63, 3.8) is 0 Å². The zero-order valence-electron chi connectivity index (χ0n) is 21.8. The second kappa shape index (κ2) is 9.68. The van der Waals surface area contributed by atoms with Crippen LogP contribution in [-0.2, 0) is 10.2 Å². The van der Waals surface area contributed by atoms with Crippen molar-refractivity contribution in [3.8, 4) is 11.5 Å². The Hall–Kier alpha value is -2.29. The van der Waals surface area contributed by atoms with Crippen LogP contribution in [0.1, 0.15) is 96.9 Å². The number of hydrogen-bond donors (Lipinski definition) is 0. The molecule has 0 amide bonds. The summed E-state index contributed by atoms with van der Waals surface area (Å²) in [7, 11) is 0.